The lowest BCUT2D eigenvalue weighted by Crippen LogP contribution is -2.03. The van der Waals surface area contributed by atoms with Crippen LogP contribution in [0.5, 0.6) is 23.0 Å². The van der Waals surface area contributed by atoms with Crippen molar-refractivity contribution >= 4 is 21.7 Å². The second kappa shape index (κ2) is 11.4. The molecule has 0 fully saturated rings. The van der Waals surface area contributed by atoms with Crippen molar-refractivity contribution in [2.24, 2.45) is 0 Å². The summed E-state index contributed by atoms with van der Waals surface area (Å²) in [6, 6.07) is 34.2. The van der Waals surface area contributed by atoms with Crippen molar-refractivity contribution in [2.45, 2.75) is 4.90 Å². The topological polar surface area (TPSA) is 107 Å². The lowest BCUT2D eigenvalue weighted by molar-refractivity contribution is 0.103. The summed E-state index contributed by atoms with van der Waals surface area (Å²) in [6.45, 7) is 0. The second-order valence-electron chi connectivity index (χ2n) is 8.73. The molecule has 0 bridgehead atoms. The maximum Gasteiger partial charge on any atom is 0.298 e. The molecule has 0 atom stereocenters. The molecule has 198 valence electrons. The fraction of sp³-hybridized carbons (Fsp3) is 0. The molecular formula is C32H22O7S. The van der Waals surface area contributed by atoms with E-state index in [-0.39, 0.29) is 28.8 Å². The van der Waals surface area contributed by atoms with Gasteiger partial charge in [0.15, 0.2) is 11.6 Å². The van der Waals surface area contributed by atoms with Gasteiger partial charge in [0.05, 0.1) is 0 Å². The standard InChI is InChI=1S/C32H22O7S/c33-31(22-7-3-1-4-8-22)24-11-15-26(16-12-24)38-28-19-20-29(30(21-28)40(35,36)37)39-27-17-13-25(14-18-27)32(34)23-9-5-2-6-10-23/h1-21H,(H,35,36,37). The molecule has 0 aliphatic carbocycles. The Morgan fingerprint density at radius 2 is 0.900 bits per heavy atom. The predicted octanol–water partition coefficient (Wildman–Crippen LogP) is 6.98. The van der Waals surface area contributed by atoms with Gasteiger partial charge < -0.3 is 9.47 Å². The first-order valence-corrected chi connectivity index (χ1v) is 13.6. The van der Waals surface area contributed by atoms with Gasteiger partial charge in [-0.3, -0.25) is 14.1 Å². The van der Waals surface area contributed by atoms with Gasteiger partial charge in [-0.25, -0.2) is 0 Å². The molecule has 1 N–H and O–H groups in total. The second-order valence-corrected chi connectivity index (χ2v) is 10.1. The van der Waals surface area contributed by atoms with Crippen molar-refractivity contribution in [3.63, 3.8) is 0 Å². The van der Waals surface area contributed by atoms with Crippen LogP contribution in [0, 0.1) is 0 Å². The summed E-state index contributed by atoms with van der Waals surface area (Å²) >= 11 is 0. The summed E-state index contributed by atoms with van der Waals surface area (Å²) in [7, 11) is -4.68. The van der Waals surface area contributed by atoms with Crippen molar-refractivity contribution in [2.75, 3.05) is 0 Å². The maximum atomic E-state index is 12.6. The van der Waals surface area contributed by atoms with E-state index in [1.165, 1.54) is 24.3 Å². The summed E-state index contributed by atoms with van der Waals surface area (Å²) in [6.07, 6.45) is 0. The van der Waals surface area contributed by atoms with Crippen LogP contribution in [-0.4, -0.2) is 24.5 Å². The van der Waals surface area contributed by atoms with Gasteiger partial charge in [-0.2, -0.15) is 8.42 Å². The number of hydrogen-bond acceptors (Lipinski definition) is 6. The summed E-state index contributed by atoms with van der Waals surface area (Å²) in [5.74, 6) is 0.330. The third-order valence-electron chi connectivity index (χ3n) is 5.96. The van der Waals surface area contributed by atoms with E-state index in [1.807, 2.05) is 12.1 Å². The molecule has 0 aliphatic heterocycles. The van der Waals surface area contributed by atoms with Gasteiger partial charge in [0.25, 0.3) is 10.1 Å². The fourth-order valence-electron chi connectivity index (χ4n) is 3.96. The molecule has 7 nitrogen and oxygen atoms in total. The summed E-state index contributed by atoms with van der Waals surface area (Å²) in [5, 5.41) is 0. The molecule has 40 heavy (non-hydrogen) atoms. The van der Waals surface area contributed by atoms with Crippen molar-refractivity contribution in [3.05, 3.63) is 150 Å². The molecule has 0 saturated heterocycles. The van der Waals surface area contributed by atoms with Crippen LogP contribution in [0.15, 0.2) is 132 Å². The fourth-order valence-corrected chi connectivity index (χ4v) is 4.59. The van der Waals surface area contributed by atoms with Gasteiger partial charge >= 0.3 is 0 Å². The van der Waals surface area contributed by atoms with E-state index in [4.69, 9.17) is 9.47 Å². The number of hydrogen-bond donors (Lipinski definition) is 1. The van der Waals surface area contributed by atoms with Gasteiger partial charge in [-0.05, 0) is 60.7 Å². The number of carbonyl (C=O) groups is 2. The Morgan fingerprint density at radius 3 is 1.35 bits per heavy atom. The van der Waals surface area contributed by atoms with Gasteiger partial charge in [-0.15, -0.1) is 0 Å². The monoisotopic (exact) mass is 550 g/mol. The molecule has 5 rings (SSSR count). The number of rotatable bonds is 9. The van der Waals surface area contributed by atoms with Crippen LogP contribution in [-0.2, 0) is 10.1 Å². The molecule has 0 aliphatic rings. The lowest BCUT2D eigenvalue weighted by atomic mass is 10.0. The Balaban J connectivity index is 1.32. The molecule has 8 heteroatoms. The summed E-state index contributed by atoms with van der Waals surface area (Å²) < 4.78 is 45.6. The highest BCUT2D eigenvalue weighted by molar-refractivity contribution is 7.86. The number of ketones is 2. The Bertz CT molecular complexity index is 1760. The van der Waals surface area contributed by atoms with Crippen molar-refractivity contribution in [1.29, 1.82) is 0 Å². The van der Waals surface area contributed by atoms with E-state index in [1.54, 1.807) is 84.9 Å². The van der Waals surface area contributed by atoms with Crippen LogP contribution in [0.4, 0.5) is 0 Å². The minimum Gasteiger partial charge on any atom is -0.457 e. The first-order valence-electron chi connectivity index (χ1n) is 12.1. The van der Waals surface area contributed by atoms with E-state index < -0.39 is 15.0 Å². The SMILES string of the molecule is O=C(c1ccccc1)c1ccc(Oc2ccc(Oc3ccc(C(=O)c4ccccc4)cc3)c(S(=O)(=O)O)c2)cc1. The van der Waals surface area contributed by atoms with Gasteiger partial charge in [-0.1, -0.05) is 60.7 Å². The lowest BCUT2D eigenvalue weighted by Gasteiger charge is -2.12. The minimum atomic E-state index is -4.68. The summed E-state index contributed by atoms with van der Waals surface area (Å²) in [5.41, 5.74) is 2.01. The number of carbonyl (C=O) groups excluding carboxylic acids is 2. The Morgan fingerprint density at radius 1 is 0.500 bits per heavy atom. The van der Waals surface area contributed by atoms with E-state index in [9.17, 15) is 22.6 Å². The van der Waals surface area contributed by atoms with Crippen LogP contribution < -0.4 is 9.47 Å². The summed E-state index contributed by atoms with van der Waals surface area (Å²) in [4.78, 5) is 24.7. The Hall–Kier alpha value is -5.05. The van der Waals surface area contributed by atoms with Gasteiger partial charge in [0, 0.05) is 28.3 Å². The number of benzene rings is 5. The van der Waals surface area contributed by atoms with Gasteiger partial charge in [0.1, 0.15) is 27.9 Å². The number of ether oxygens (including phenoxy) is 2. The minimum absolute atomic E-state index is 0.124. The van der Waals surface area contributed by atoms with E-state index in [0.717, 1.165) is 6.07 Å². The zero-order valence-corrected chi connectivity index (χ0v) is 21.7. The largest absolute Gasteiger partial charge is 0.457 e. The quantitative estimate of drug-likeness (QED) is 0.156. The Kier molecular flexibility index (Phi) is 7.54. The Labute approximate surface area is 231 Å². The van der Waals surface area contributed by atoms with Crippen molar-refractivity contribution in [1.82, 2.24) is 0 Å². The molecule has 5 aromatic rings. The highest BCUT2D eigenvalue weighted by Crippen LogP contribution is 2.34. The average Bonchev–Trinajstić information content (AvgIpc) is 2.98. The van der Waals surface area contributed by atoms with E-state index >= 15 is 0 Å². The molecule has 0 radical (unpaired) electrons. The predicted molar refractivity (Wildman–Crippen MR) is 149 cm³/mol. The zero-order valence-electron chi connectivity index (χ0n) is 20.9. The first kappa shape index (κ1) is 26.6. The van der Waals surface area contributed by atoms with E-state index in [0.29, 0.717) is 28.0 Å². The van der Waals surface area contributed by atoms with Crippen molar-refractivity contribution < 1.29 is 32.0 Å². The highest BCUT2D eigenvalue weighted by atomic mass is 32.2. The highest BCUT2D eigenvalue weighted by Gasteiger charge is 2.20. The van der Waals surface area contributed by atoms with Crippen LogP contribution in [0.3, 0.4) is 0 Å². The van der Waals surface area contributed by atoms with Crippen LogP contribution >= 0.6 is 0 Å². The smallest absolute Gasteiger partial charge is 0.298 e. The van der Waals surface area contributed by atoms with Crippen molar-refractivity contribution in [3.8, 4) is 23.0 Å². The van der Waals surface area contributed by atoms with Gasteiger partial charge in [0.2, 0.25) is 0 Å². The molecule has 0 aromatic heterocycles. The zero-order chi connectivity index (χ0) is 28.1. The van der Waals surface area contributed by atoms with E-state index in [2.05, 4.69) is 0 Å². The normalized spacial score (nSPS) is 11.0. The molecule has 0 unspecified atom stereocenters. The first-order chi connectivity index (χ1) is 19.3. The average molecular weight is 551 g/mol. The molecule has 5 aromatic carbocycles. The maximum absolute atomic E-state index is 12.6. The molecule has 0 spiro atoms. The van der Waals surface area contributed by atoms with Crippen LogP contribution in [0.1, 0.15) is 31.8 Å². The molecule has 0 heterocycles. The third-order valence-corrected chi connectivity index (χ3v) is 6.84. The van der Waals surface area contributed by atoms with Crippen LogP contribution in [0.25, 0.3) is 0 Å². The van der Waals surface area contributed by atoms with Crippen LogP contribution in [0.2, 0.25) is 0 Å². The molecule has 0 saturated carbocycles. The molecular weight excluding hydrogens is 528 g/mol. The molecule has 0 amide bonds. The third kappa shape index (κ3) is 6.15.